The summed E-state index contributed by atoms with van der Waals surface area (Å²) < 4.78 is 27.3. The summed E-state index contributed by atoms with van der Waals surface area (Å²) in [6, 6.07) is 13.7. The van der Waals surface area contributed by atoms with E-state index in [4.69, 9.17) is 0 Å². The van der Waals surface area contributed by atoms with Crippen molar-refractivity contribution in [2.24, 2.45) is 10.2 Å². The minimum absolute atomic E-state index is 0.0706. The second-order valence-corrected chi connectivity index (χ2v) is 6.28. The first-order valence-electron chi connectivity index (χ1n) is 8.64. The molecule has 0 bridgehead atoms. The third-order valence-electron chi connectivity index (χ3n) is 3.61. The molecule has 3 rings (SSSR count). The highest BCUT2D eigenvalue weighted by molar-refractivity contribution is 8.03. The van der Waals surface area contributed by atoms with Gasteiger partial charge in [0.05, 0.1) is 18.0 Å². The molecule has 0 N–H and O–H groups in total. The normalized spacial score (nSPS) is 12.8. The number of benzene rings is 1. The maximum atomic E-state index is 12.6. The molecule has 0 unspecified atom stereocenters. The number of hydrogen-bond acceptors (Lipinski definition) is 5. The number of para-hydroxylation sites is 1. The minimum Gasteiger partial charge on any atom is -0.307 e. The first kappa shape index (κ1) is 20.8. The zero-order chi connectivity index (χ0) is 19.6. The van der Waals surface area contributed by atoms with Crippen molar-refractivity contribution in [1.29, 1.82) is 0 Å². The molecular formula is C20H22F2N4S. The number of aromatic nitrogens is 1. The lowest BCUT2D eigenvalue weighted by molar-refractivity contribution is 0.224. The van der Waals surface area contributed by atoms with Crippen LogP contribution in [0.15, 0.2) is 70.9 Å². The summed E-state index contributed by atoms with van der Waals surface area (Å²) in [4.78, 5) is 4.43. The maximum Gasteiger partial charge on any atom is 0.278 e. The van der Waals surface area contributed by atoms with Gasteiger partial charge in [-0.3, -0.25) is 4.98 Å². The summed E-state index contributed by atoms with van der Waals surface area (Å²) in [5.41, 5.74) is 2.95. The Morgan fingerprint density at radius 1 is 1.15 bits per heavy atom. The molecule has 7 heteroatoms. The third kappa shape index (κ3) is 5.72. The number of hydrogen-bond donors (Lipinski definition) is 0. The molecule has 0 aliphatic carbocycles. The van der Waals surface area contributed by atoms with Crippen LogP contribution in [-0.2, 0) is 6.54 Å². The van der Waals surface area contributed by atoms with Crippen LogP contribution in [-0.4, -0.2) is 22.8 Å². The average molecular weight is 388 g/mol. The molecule has 4 nitrogen and oxygen atoms in total. The summed E-state index contributed by atoms with van der Waals surface area (Å²) >= 11 is 1.49. The summed E-state index contributed by atoms with van der Waals surface area (Å²) in [6.07, 6.45) is -0.843. The second kappa shape index (κ2) is 10.6. The van der Waals surface area contributed by atoms with Crippen molar-refractivity contribution in [3.63, 3.8) is 0 Å². The van der Waals surface area contributed by atoms with E-state index in [1.807, 2.05) is 56.3 Å². The SMILES string of the molecule is C=CSN(Cc1ccc(C2=NN=C(C(F)F)C2)cn1)c1ccccc1.CC. The van der Waals surface area contributed by atoms with Gasteiger partial charge in [-0.05, 0) is 41.6 Å². The van der Waals surface area contributed by atoms with Crippen molar-refractivity contribution < 1.29 is 8.78 Å². The summed E-state index contributed by atoms with van der Waals surface area (Å²) in [5.74, 6) is 0. The first-order valence-corrected chi connectivity index (χ1v) is 9.48. The Hall–Kier alpha value is -2.54. The van der Waals surface area contributed by atoms with Crippen LogP contribution in [0.25, 0.3) is 0 Å². The standard InChI is InChI=1S/C18H16F2N4S.C2H6/c1-2-25-24(15-6-4-3-5-7-15)12-14-9-8-13(11-21-14)16-10-17(18(19)20)23-22-16;1-2/h2-9,11,18H,1,10,12H2;1-2H3. The molecule has 27 heavy (non-hydrogen) atoms. The molecule has 0 spiro atoms. The molecule has 0 amide bonds. The van der Waals surface area contributed by atoms with Gasteiger partial charge in [0.2, 0.25) is 0 Å². The van der Waals surface area contributed by atoms with Gasteiger partial charge in [-0.15, -0.1) is 0 Å². The molecule has 142 valence electrons. The molecule has 2 heterocycles. The Bertz CT molecular complexity index is 789. The van der Waals surface area contributed by atoms with Gasteiger partial charge in [-0.1, -0.05) is 38.6 Å². The average Bonchev–Trinajstić information content (AvgIpc) is 3.21. The molecule has 0 atom stereocenters. The van der Waals surface area contributed by atoms with Crippen LogP contribution in [0.3, 0.4) is 0 Å². The maximum absolute atomic E-state index is 12.6. The fourth-order valence-electron chi connectivity index (χ4n) is 2.36. The molecule has 0 fully saturated rings. The molecule has 0 radical (unpaired) electrons. The Morgan fingerprint density at radius 2 is 1.89 bits per heavy atom. The second-order valence-electron chi connectivity index (χ2n) is 5.30. The highest BCUT2D eigenvalue weighted by Crippen LogP contribution is 2.25. The molecule has 0 saturated carbocycles. The molecule has 0 saturated heterocycles. The third-order valence-corrected chi connectivity index (χ3v) is 4.35. The fraction of sp³-hybridized carbons (Fsp3) is 0.250. The zero-order valence-corrected chi connectivity index (χ0v) is 16.2. The zero-order valence-electron chi connectivity index (χ0n) is 15.3. The number of halogens is 2. The van der Waals surface area contributed by atoms with Crippen molar-refractivity contribution >= 4 is 29.1 Å². The van der Waals surface area contributed by atoms with Crippen LogP contribution >= 0.6 is 11.9 Å². The summed E-state index contributed by atoms with van der Waals surface area (Å²) in [5, 5.41) is 9.13. The van der Waals surface area contributed by atoms with Gasteiger partial charge in [0.15, 0.2) is 0 Å². The topological polar surface area (TPSA) is 40.9 Å². The van der Waals surface area contributed by atoms with E-state index in [1.165, 1.54) is 11.9 Å². The Kier molecular flexibility index (Phi) is 8.13. The van der Waals surface area contributed by atoms with E-state index >= 15 is 0 Å². The Morgan fingerprint density at radius 3 is 2.44 bits per heavy atom. The van der Waals surface area contributed by atoms with Crippen LogP contribution in [0.1, 0.15) is 31.5 Å². The van der Waals surface area contributed by atoms with Gasteiger partial charge in [0, 0.05) is 23.9 Å². The quantitative estimate of drug-likeness (QED) is 0.570. The van der Waals surface area contributed by atoms with Crippen molar-refractivity contribution in [1.82, 2.24) is 4.98 Å². The lowest BCUT2D eigenvalue weighted by Gasteiger charge is -2.21. The summed E-state index contributed by atoms with van der Waals surface area (Å²) in [6.45, 7) is 8.36. The van der Waals surface area contributed by atoms with Crippen LogP contribution in [0, 0.1) is 0 Å². The van der Waals surface area contributed by atoms with Crippen LogP contribution in [0.2, 0.25) is 0 Å². The molecule has 1 aromatic heterocycles. The highest BCUT2D eigenvalue weighted by Gasteiger charge is 2.22. The van der Waals surface area contributed by atoms with Gasteiger partial charge in [-0.25, -0.2) is 8.78 Å². The van der Waals surface area contributed by atoms with E-state index in [0.29, 0.717) is 17.8 Å². The fourth-order valence-corrected chi connectivity index (χ4v) is 2.99. The van der Waals surface area contributed by atoms with E-state index in [9.17, 15) is 8.78 Å². The number of alkyl halides is 2. The molecule has 1 aromatic carbocycles. The number of pyridine rings is 1. The lowest BCUT2D eigenvalue weighted by atomic mass is 10.1. The van der Waals surface area contributed by atoms with E-state index in [-0.39, 0.29) is 12.1 Å². The lowest BCUT2D eigenvalue weighted by Crippen LogP contribution is -2.14. The van der Waals surface area contributed by atoms with Crippen LogP contribution in [0.4, 0.5) is 14.5 Å². The number of anilines is 1. The number of nitrogens with zero attached hydrogens (tertiary/aromatic N) is 4. The van der Waals surface area contributed by atoms with E-state index < -0.39 is 6.43 Å². The smallest absolute Gasteiger partial charge is 0.278 e. The Labute approximate surface area is 162 Å². The van der Waals surface area contributed by atoms with Crippen molar-refractivity contribution in [3.05, 3.63) is 71.9 Å². The number of rotatable bonds is 7. The molecule has 2 aromatic rings. The minimum atomic E-state index is -2.57. The predicted octanol–water partition coefficient (Wildman–Crippen LogP) is 5.72. The largest absolute Gasteiger partial charge is 0.307 e. The van der Waals surface area contributed by atoms with E-state index in [2.05, 4.69) is 26.1 Å². The van der Waals surface area contributed by atoms with Gasteiger partial charge >= 0.3 is 0 Å². The van der Waals surface area contributed by atoms with Gasteiger partial charge in [-0.2, -0.15) is 10.2 Å². The summed E-state index contributed by atoms with van der Waals surface area (Å²) in [7, 11) is 0. The van der Waals surface area contributed by atoms with Gasteiger partial charge in [0.25, 0.3) is 6.43 Å². The van der Waals surface area contributed by atoms with Crippen LogP contribution < -0.4 is 4.31 Å². The van der Waals surface area contributed by atoms with Gasteiger partial charge < -0.3 is 4.31 Å². The van der Waals surface area contributed by atoms with E-state index in [0.717, 1.165) is 11.4 Å². The van der Waals surface area contributed by atoms with E-state index in [1.54, 1.807) is 11.6 Å². The molecular weight excluding hydrogens is 366 g/mol. The Balaban J connectivity index is 0.00000126. The van der Waals surface area contributed by atoms with Crippen LogP contribution in [0.5, 0.6) is 0 Å². The molecule has 1 aliphatic heterocycles. The first-order chi connectivity index (χ1) is 13.2. The van der Waals surface area contributed by atoms with Crippen molar-refractivity contribution in [2.45, 2.75) is 33.2 Å². The van der Waals surface area contributed by atoms with Crippen molar-refractivity contribution in [2.75, 3.05) is 4.31 Å². The monoisotopic (exact) mass is 388 g/mol. The van der Waals surface area contributed by atoms with Crippen molar-refractivity contribution in [3.8, 4) is 0 Å². The molecule has 1 aliphatic rings. The predicted molar refractivity (Wildman–Crippen MR) is 111 cm³/mol. The van der Waals surface area contributed by atoms with Gasteiger partial charge in [0.1, 0.15) is 5.71 Å². The highest BCUT2D eigenvalue weighted by atomic mass is 32.2.